The molecule has 1 aromatic carbocycles. The monoisotopic (exact) mass is 320 g/mol. The van der Waals surface area contributed by atoms with Crippen molar-refractivity contribution in [2.75, 3.05) is 6.54 Å². The lowest BCUT2D eigenvalue weighted by atomic mass is 10.1. The fraction of sp³-hybridized carbons (Fsp3) is 0.471. The number of likely N-dealkylation sites (tertiary alicyclic amines) is 1. The molecule has 0 spiro atoms. The SMILES string of the molecule is CC1CC(C)N(Cc2cccc(-c3nc(CCl)cs3)c2)C1. The Labute approximate surface area is 135 Å². The zero-order valence-electron chi connectivity index (χ0n) is 12.6. The summed E-state index contributed by atoms with van der Waals surface area (Å²) in [6.07, 6.45) is 1.31. The third-order valence-electron chi connectivity index (χ3n) is 4.16. The maximum atomic E-state index is 5.84. The molecule has 0 saturated carbocycles. The van der Waals surface area contributed by atoms with Crippen LogP contribution in [0, 0.1) is 5.92 Å². The van der Waals surface area contributed by atoms with E-state index in [2.05, 4.69) is 48.0 Å². The second kappa shape index (κ2) is 6.47. The van der Waals surface area contributed by atoms with Gasteiger partial charge < -0.3 is 0 Å². The molecule has 1 saturated heterocycles. The van der Waals surface area contributed by atoms with Crippen molar-refractivity contribution in [2.45, 2.75) is 38.7 Å². The average Bonchev–Trinajstić information content (AvgIpc) is 3.06. The highest BCUT2D eigenvalue weighted by molar-refractivity contribution is 7.13. The van der Waals surface area contributed by atoms with Crippen molar-refractivity contribution in [3.63, 3.8) is 0 Å². The van der Waals surface area contributed by atoms with Gasteiger partial charge in [-0.2, -0.15) is 0 Å². The zero-order chi connectivity index (χ0) is 14.8. The number of rotatable bonds is 4. The largest absolute Gasteiger partial charge is 0.296 e. The lowest BCUT2D eigenvalue weighted by molar-refractivity contribution is 0.256. The Hall–Kier alpha value is -0.900. The second-order valence-corrected chi connectivity index (χ2v) is 7.22. The predicted octanol–water partition coefficient (Wildman–Crippen LogP) is 4.78. The summed E-state index contributed by atoms with van der Waals surface area (Å²) in [7, 11) is 0. The molecule has 2 heterocycles. The first-order chi connectivity index (χ1) is 10.2. The Morgan fingerprint density at radius 1 is 1.38 bits per heavy atom. The van der Waals surface area contributed by atoms with Crippen LogP contribution in [0.4, 0.5) is 0 Å². The van der Waals surface area contributed by atoms with Gasteiger partial charge in [0.25, 0.3) is 0 Å². The summed E-state index contributed by atoms with van der Waals surface area (Å²) < 4.78 is 0. The molecule has 3 rings (SSSR count). The molecule has 2 unspecified atom stereocenters. The number of nitrogens with zero attached hydrogens (tertiary/aromatic N) is 2. The van der Waals surface area contributed by atoms with Crippen molar-refractivity contribution >= 4 is 22.9 Å². The van der Waals surface area contributed by atoms with E-state index >= 15 is 0 Å². The van der Waals surface area contributed by atoms with Gasteiger partial charge >= 0.3 is 0 Å². The predicted molar refractivity (Wildman–Crippen MR) is 90.8 cm³/mol. The number of hydrogen-bond acceptors (Lipinski definition) is 3. The van der Waals surface area contributed by atoms with Gasteiger partial charge in [0.05, 0.1) is 11.6 Å². The summed E-state index contributed by atoms with van der Waals surface area (Å²) in [4.78, 5) is 7.15. The van der Waals surface area contributed by atoms with E-state index in [4.69, 9.17) is 11.6 Å². The van der Waals surface area contributed by atoms with Gasteiger partial charge in [-0.1, -0.05) is 25.1 Å². The van der Waals surface area contributed by atoms with Gasteiger partial charge in [-0.05, 0) is 30.9 Å². The molecule has 0 amide bonds. The molecule has 21 heavy (non-hydrogen) atoms. The average molecular weight is 321 g/mol. The van der Waals surface area contributed by atoms with Crippen LogP contribution in [0.25, 0.3) is 10.6 Å². The van der Waals surface area contributed by atoms with E-state index in [1.165, 1.54) is 24.1 Å². The number of alkyl halides is 1. The van der Waals surface area contributed by atoms with E-state index in [9.17, 15) is 0 Å². The van der Waals surface area contributed by atoms with E-state index in [-0.39, 0.29) is 0 Å². The molecule has 1 aromatic heterocycles. The van der Waals surface area contributed by atoms with Gasteiger partial charge in [-0.25, -0.2) is 4.98 Å². The standard InChI is InChI=1S/C17H21ClN2S/c1-12-6-13(2)20(9-12)10-14-4-3-5-15(7-14)17-19-16(8-18)11-21-17/h3-5,7,11-13H,6,8-10H2,1-2H3. The van der Waals surface area contributed by atoms with Crippen LogP contribution in [-0.4, -0.2) is 22.5 Å². The molecular formula is C17H21ClN2S. The van der Waals surface area contributed by atoms with Gasteiger partial charge in [0.2, 0.25) is 0 Å². The highest BCUT2D eigenvalue weighted by Crippen LogP contribution is 2.28. The maximum Gasteiger partial charge on any atom is 0.123 e. The Morgan fingerprint density at radius 2 is 2.24 bits per heavy atom. The fourth-order valence-electron chi connectivity index (χ4n) is 3.14. The van der Waals surface area contributed by atoms with Crippen LogP contribution in [0.1, 0.15) is 31.5 Å². The molecule has 0 radical (unpaired) electrons. The van der Waals surface area contributed by atoms with Crippen molar-refractivity contribution in [2.24, 2.45) is 5.92 Å². The summed E-state index contributed by atoms with van der Waals surface area (Å²) in [6.45, 7) is 6.92. The molecule has 1 aliphatic heterocycles. The zero-order valence-corrected chi connectivity index (χ0v) is 14.1. The molecule has 1 fully saturated rings. The Kier molecular flexibility index (Phi) is 4.63. The van der Waals surface area contributed by atoms with Crippen molar-refractivity contribution in [1.29, 1.82) is 0 Å². The third-order valence-corrected chi connectivity index (χ3v) is 5.38. The van der Waals surface area contributed by atoms with Gasteiger partial charge in [0, 0.05) is 30.1 Å². The lowest BCUT2D eigenvalue weighted by Crippen LogP contribution is -2.26. The van der Waals surface area contributed by atoms with Crippen molar-refractivity contribution in [3.8, 4) is 10.6 Å². The number of halogens is 1. The van der Waals surface area contributed by atoms with E-state index in [0.717, 1.165) is 23.2 Å². The summed E-state index contributed by atoms with van der Waals surface area (Å²) in [5.74, 6) is 1.30. The van der Waals surface area contributed by atoms with Gasteiger partial charge in [-0.15, -0.1) is 22.9 Å². The van der Waals surface area contributed by atoms with Crippen LogP contribution >= 0.6 is 22.9 Å². The quantitative estimate of drug-likeness (QED) is 0.754. The maximum absolute atomic E-state index is 5.84. The molecule has 4 heteroatoms. The topological polar surface area (TPSA) is 16.1 Å². The first-order valence-electron chi connectivity index (χ1n) is 7.49. The highest BCUT2D eigenvalue weighted by atomic mass is 35.5. The molecular weight excluding hydrogens is 300 g/mol. The molecule has 112 valence electrons. The van der Waals surface area contributed by atoms with Crippen LogP contribution in [0.2, 0.25) is 0 Å². The molecule has 2 aromatic rings. The second-order valence-electron chi connectivity index (χ2n) is 6.10. The summed E-state index contributed by atoms with van der Waals surface area (Å²) >= 11 is 7.51. The molecule has 0 bridgehead atoms. The summed E-state index contributed by atoms with van der Waals surface area (Å²) in [5.41, 5.74) is 3.54. The van der Waals surface area contributed by atoms with Crippen molar-refractivity contribution in [3.05, 3.63) is 40.9 Å². The van der Waals surface area contributed by atoms with Crippen LogP contribution in [0.3, 0.4) is 0 Å². The number of benzene rings is 1. The van der Waals surface area contributed by atoms with Crippen molar-refractivity contribution in [1.82, 2.24) is 9.88 Å². The molecule has 0 N–H and O–H groups in total. The first kappa shape index (κ1) is 15.0. The third kappa shape index (κ3) is 3.47. The minimum Gasteiger partial charge on any atom is -0.296 e. The van der Waals surface area contributed by atoms with E-state index in [0.29, 0.717) is 11.9 Å². The smallest absolute Gasteiger partial charge is 0.123 e. The Balaban J connectivity index is 1.77. The summed E-state index contributed by atoms with van der Waals surface area (Å²) in [5, 5.41) is 3.11. The lowest BCUT2D eigenvalue weighted by Gasteiger charge is -2.21. The van der Waals surface area contributed by atoms with Gasteiger partial charge in [-0.3, -0.25) is 4.90 Å². The van der Waals surface area contributed by atoms with Crippen LogP contribution in [0.5, 0.6) is 0 Å². The first-order valence-corrected chi connectivity index (χ1v) is 8.91. The molecule has 2 nitrogen and oxygen atoms in total. The van der Waals surface area contributed by atoms with E-state index in [1.807, 2.05) is 5.38 Å². The normalized spacial score (nSPS) is 22.8. The molecule has 0 aliphatic carbocycles. The number of aromatic nitrogens is 1. The minimum atomic E-state index is 0.485. The van der Waals surface area contributed by atoms with Crippen LogP contribution < -0.4 is 0 Å². The van der Waals surface area contributed by atoms with Gasteiger partial charge in [0.15, 0.2) is 0 Å². The highest BCUT2D eigenvalue weighted by Gasteiger charge is 2.25. The molecule has 1 aliphatic rings. The summed E-state index contributed by atoms with van der Waals surface area (Å²) in [6, 6.07) is 9.45. The number of thiazole rings is 1. The molecule has 2 atom stereocenters. The van der Waals surface area contributed by atoms with Crippen LogP contribution in [0.15, 0.2) is 29.6 Å². The van der Waals surface area contributed by atoms with E-state index < -0.39 is 0 Å². The Morgan fingerprint density at radius 3 is 2.90 bits per heavy atom. The Bertz CT molecular complexity index is 610. The van der Waals surface area contributed by atoms with Crippen LogP contribution in [-0.2, 0) is 12.4 Å². The fourth-order valence-corrected chi connectivity index (χ4v) is 4.19. The minimum absolute atomic E-state index is 0.485. The number of hydrogen-bond donors (Lipinski definition) is 0. The van der Waals surface area contributed by atoms with Crippen molar-refractivity contribution < 1.29 is 0 Å². The van der Waals surface area contributed by atoms with Gasteiger partial charge in [0.1, 0.15) is 5.01 Å². The van der Waals surface area contributed by atoms with E-state index in [1.54, 1.807) is 11.3 Å².